The predicted octanol–water partition coefficient (Wildman–Crippen LogP) is 5.48. The molecule has 2 fully saturated rings. The van der Waals surface area contributed by atoms with Gasteiger partial charge in [-0.3, -0.25) is 4.79 Å². The van der Waals surface area contributed by atoms with E-state index in [4.69, 9.17) is 14.1 Å². The number of piperidine rings is 1. The van der Waals surface area contributed by atoms with Crippen molar-refractivity contribution < 1.29 is 23.1 Å². The van der Waals surface area contributed by atoms with Crippen LogP contribution in [0.25, 0.3) is 22.2 Å². The summed E-state index contributed by atoms with van der Waals surface area (Å²) in [5.74, 6) is 0.379. The summed E-state index contributed by atoms with van der Waals surface area (Å²) in [5.41, 5.74) is 3.25. The molecule has 7 nitrogen and oxygen atoms in total. The molecule has 8 heteroatoms. The lowest BCUT2D eigenvalue weighted by atomic mass is 9.97. The van der Waals surface area contributed by atoms with Crippen LogP contribution in [-0.2, 0) is 9.53 Å². The zero-order chi connectivity index (χ0) is 23.8. The standard InChI is InChI=1S/C26H28FN3O4/c1-16(2)33-26(32)29-11-9-17(10-12-29)25-28-22-14-19(4-8-24(22)34-25)18-3-7-23(21(27)13-18)30(15-31)20-5-6-20/h3-4,7-8,13-17,20H,5-6,9-12H2,1-2H3. The molecule has 178 valence electrons. The number of benzene rings is 2. The van der Waals surface area contributed by atoms with Crippen molar-refractivity contribution in [1.82, 2.24) is 9.88 Å². The van der Waals surface area contributed by atoms with Crippen molar-refractivity contribution in [3.63, 3.8) is 0 Å². The molecule has 1 aliphatic carbocycles. The summed E-state index contributed by atoms with van der Waals surface area (Å²) >= 11 is 0. The third-order valence-corrected chi connectivity index (χ3v) is 6.46. The van der Waals surface area contributed by atoms with E-state index in [-0.39, 0.29) is 24.2 Å². The van der Waals surface area contributed by atoms with Gasteiger partial charge in [-0.1, -0.05) is 12.1 Å². The number of oxazole rings is 1. The SMILES string of the molecule is CC(C)OC(=O)N1CCC(c2nc3cc(-c4ccc(N(C=O)C5CC5)c(F)c4)ccc3o2)CC1. The molecule has 1 aromatic heterocycles. The zero-order valence-electron chi connectivity index (χ0n) is 19.4. The fraction of sp³-hybridized carbons (Fsp3) is 0.423. The van der Waals surface area contributed by atoms with Crippen molar-refractivity contribution in [3.05, 3.63) is 48.1 Å². The van der Waals surface area contributed by atoms with Crippen LogP contribution in [-0.4, -0.2) is 47.6 Å². The Morgan fingerprint density at radius 3 is 2.50 bits per heavy atom. The molecule has 2 heterocycles. The minimum atomic E-state index is -0.416. The highest BCUT2D eigenvalue weighted by Crippen LogP contribution is 2.35. The van der Waals surface area contributed by atoms with Gasteiger partial charge in [0.05, 0.1) is 11.8 Å². The second kappa shape index (κ2) is 9.08. The Morgan fingerprint density at radius 2 is 1.85 bits per heavy atom. The van der Waals surface area contributed by atoms with Crippen molar-refractivity contribution in [2.75, 3.05) is 18.0 Å². The van der Waals surface area contributed by atoms with Crippen molar-refractivity contribution in [2.24, 2.45) is 0 Å². The molecule has 2 aromatic carbocycles. The predicted molar refractivity (Wildman–Crippen MR) is 126 cm³/mol. The molecule has 1 saturated carbocycles. The number of carbonyl (C=O) groups is 2. The number of carbonyl (C=O) groups excluding carboxylic acids is 2. The Hall–Kier alpha value is -3.42. The Balaban J connectivity index is 1.31. The second-order valence-electron chi connectivity index (χ2n) is 9.34. The van der Waals surface area contributed by atoms with Crippen LogP contribution >= 0.6 is 0 Å². The van der Waals surface area contributed by atoms with Crippen LogP contribution in [0.15, 0.2) is 40.8 Å². The molecular formula is C26H28FN3O4. The number of fused-ring (bicyclic) bond motifs is 1. The Labute approximate surface area is 197 Å². The van der Waals surface area contributed by atoms with E-state index in [2.05, 4.69) is 0 Å². The van der Waals surface area contributed by atoms with Crippen LogP contribution in [0.1, 0.15) is 51.3 Å². The first kappa shape index (κ1) is 22.4. The Kier molecular flexibility index (Phi) is 5.98. The van der Waals surface area contributed by atoms with E-state index in [9.17, 15) is 14.0 Å². The third-order valence-electron chi connectivity index (χ3n) is 6.46. The molecule has 0 N–H and O–H groups in total. The summed E-state index contributed by atoms with van der Waals surface area (Å²) in [6.07, 6.45) is 3.63. The summed E-state index contributed by atoms with van der Waals surface area (Å²) in [6.45, 7) is 4.89. The van der Waals surface area contributed by atoms with Crippen molar-refractivity contribution >= 4 is 29.3 Å². The van der Waals surface area contributed by atoms with E-state index in [0.29, 0.717) is 47.7 Å². The lowest BCUT2D eigenvalue weighted by Gasteiger charge is -2.30. The van der Waals surface area contributed by atoms with Crippen LogP contribution < -0.4 is 4.90 Å². The number of ether oxygens (including phenoxy) is 1. The molecule has 0 bridgehead atoms. The number of rotatable bonds is 6. The number of likely N-dealkylation sites (tertiary alicyclic amines) is 1. The molecule has 0 radical (unpaired) electrons. The average molecular weight is 466 g/mol. The lowest BCUT2D eigenvalue weighted by molar-refractivity contribution is -0.107. The van der Waals surface area contributed by atoms with E-state index in [1.807, 2.05) is 38.1 Å². The third kappa shape index (κ3) is 4.49. The van der Waals surface area contributed by atoms with Gasteiger partial charge >= 0.3 is 6.09 Å². The number of hydrogen-bond donors (Lipinski definition) is 0. The number of nitrogens with zero attached hydrogens (tertiary/aromatic N) is 3. The summed E-state index contributed by atoms with van der Waals surface area (Å²) in [6, 6.07) is 10.7. The lowest BCUT2D eigenvalue weighted by Crippen LogP contribution is -2.39. The largest absolute Gasteiger partial charge is 0.447 e. The molecule has 0 spiro atoms. The molecule has 1 saturated heterocycles. The number of amides is 2. The fourth-order valence-electron chi connectivity index (χ4n) is 4.47. The molecule has 34 heavy (non-hydrogen) atoms. The van der Waals surface area contributed by atoms with Gasteiger partial charge in [-0.2, -0.15) is 0 Å². The Bertz CT molecular complexity index is 1210. The van der Waals surface area contributed by atoms with E-state index >= 15 is 0 Å². The molecule has 3 aromatic rings. The minimum Gasteiger partial charge on any atom is -0.447 e. The van der Waals surface area contributed by atoms with Crippen LogP contribution in [0.4, 0.5) is 14.9 Å². The second-order valence-corrected chi connectivity index (χ2v) is 9.34. The number of hydrogen-bond acceptors (Lipinski definition) is 5. The van der Waals surface area contributed by atoms with Crippen molar-refractivity contribution in [2.45, 2.75) is 57.6 Å². The summed E-state index contributed by atoms with van der Waals surface area (Å²) in [7, 11) is 0. The normalized spacial score (nSPS) is 16.8. The van der Waals surface area contributed by atoms with E-state index in [1.165, 1.54) is 11.0 Å². The van der Waals surface area contributed by atoms with Gasteiger partial charge < -0.3 is 19.0 Å². The number of halogens is 1. The monoisotopic (exact) mass is 465 g/mol. The van der Waals surface area contributed by atoms with Crippen LogP contribution in [0, 0.1) is 5.82 Å². The van der Waals surface area contributed by atoms with Crippen molar-refractivity contribution in [1.29, 1.82) is 0 Å². The maximum Gasteiger partial charge on any atom is 0.410 e. The van der Waals surface area contributed by atoms with Gasteiger partial charge in [0.1, 0.15) is 11.3 Å². The summed E-state index contributed by atoms with van der Waals surface area (Å²) in [4.78, 5) is 31.4. The van der Waals surface area contributed by atoms with Gasteiger partial charge in [0, 0.05) is 25.0 Å². The molecule has 5 rings (SSSR count). The molecule has 0 atom stereocenters. The Morgan fingerprint density at radius 1 is 1.15 bits per heavy atom. The van der Waals surface area contributed by atoms with Gasteiger partial charge in [0.15, 0.2) is 11.5 Å². The van der Waals surface area contributed by atoms with Gasteiger partial charge in [-0.05, 0) is 74.9 Å². The average Bonchev–Trinajstić information content (AvgIpc) is 3.57. The molecule has 2 amide bonds. The van der Waals surface area contributed by atoms with E-state index in [0.717, 1.165) is 31.2 Å². The summed E-state index contributed by atoms with van der Waals surface area (Å²) in [5, 5.41) is 0. The first-order valence-electron chi connectivity index (χ1n) is 11.8. The van der Waals surface area contributed by atoms with Crippen LogP contribution in [0.5, 0.6) is 0 Å². The van der Waals surface area contributed by atoms with Gasteiger partial charge in [0.2, 0.25) is 6.41 Å². The summed E-state index contributed by atoms with van der Waals surface area (Å²) < 4.78 is 26.1. The highest BCUT2D eigenvalue weighted by atomic mass is 19.1. The molecule has 1 aliphatic heterocycles. The van der Waals surface area contributed by atoms with E-state index < -0.39 is 5.82 Å². The molecule has 2 aliphatic rings. The van der Waals surface area contributed by atoms with E-state index in [1.54, 1.807) is 11.0 Å². The topological polar surface area (TPSA) is 75.9 Å². The minimum absolute atomic E-state index is 0.107. The van der Waals surface area contributed by atoms with Crippen LogP contribution in [0.2, 0.25) is 0 Å². The number of anilines is 1. The maximum atomic E-state index is 14.8. The maximum absolute atomic E-state index is 14.8. The first-order valence-corrected chi connectivity index (χ1v) is 11.8. The molecular weight excluding hydrogens is 437 g/mol. The highest BCUT2D eigenvalue weighted by Gasteiger charge is 2.31. The fourth-order valence-corrected chi connectivity index (χ4v) is 4.47. The highest BCUT2D eigenvalue weighted by molar-refractivity contribution is 5.82. The van der Waals surface area contributed by atoms with Gasteiger partial charge in [-0.25, -0.2) is 14.2 Å². The van der Waals surface area contributed by atoms with Gasteiger partial charge in [0.25, 0.3) is 0 Å². The number of aromatic nitrogens is 1. The van der Waals surface area contributed by atoms with Crippen LogP contribution in [0.3, 0.4) is 0 Å². The van der Waals surface area contributed by atoms with Crippen molar-refractivity contribution in [3.8, 4) is 11.1 Å². The zero-order valence-corrected chi connectivity index (χ0v) is 19.4. The first-order chi connectivity index (χ1) is 16.4. The van der Waals surface area contributed by atoms with Gasteiger partial charge in [-0.15, -0.1) is 0 Å². The molecule has 0 unspecified atom stereocenters. The smallest absolute Gasteiger partial charge is 0.410 e. The quantitative estimate of drug-likeness (QED) is 0.451.